The van der Waals surface area contributed by atoms with Crippen molar-refractivity contribution in [3.8, 4) is 11.5 Å². The lowest BCUT2D eigenvalue weighted by Gasteiger charge is -2.17. The van der Waals surface area contributed by atoms with E-state index in [1.807, 2.05) is 49.4 Å². The van der Waals surface area contributed by atoms with Crippen LogP contribution < -0.4 is 25.4 Å². The lowest BCUT2D eigenvalue weighted by atomic mass is 10.1. The number of rotatable bonds is 12. The van der Waals surface area contributed by atoms with Gasteiger partial charge in [-0.2, -0.15) is 0 Å². The van der Waals surface area contributed by atoms with Crippen molar-refractivity contribution in [3.63, 3.8) is 0 Å². The fraction of sp³-hybridized carbons (Fsp3) is 0.147. The number of methoxy groups -OCH3 is 2. The van der Waals surface area contributed by atoms with Gasteiger partial charge in [0.25, 0.3) is 11.8 Å². The fourth-order valence-electron chi connectivity index (χ4n) is 4.11. The number of thioether (sulfide) groups is 1. The van der Waals surface area contributed by atoms with Crippen molar-refractivity contribution < 1.29 is 23.9 Å². The molecule has 9 heteroatoms. The standard InChI is InChI=1S/C34H33N3O5S/c1-4-31(34(40)36-28-19-18-26(41-2)22-30(28)42-3)43-27-17-11-16-25(21-27)35-33(39)29(20-23-12-7-5-8-13-23)37-32(38)24-14-9-6-10-15-24/h5-22,31H,4H2,1-3H3,(H,35,39)(H,36,40)(H,37,38)/b29-20-. The first-order valence-electron chi connectivity index (χ1n) is 13.6. The van der Waals surface area contributed by atoms with Crippen molar-refractivity contribution in [3.05, 3.63) is 120 Å². The molecule has 0 fully saturated rings. The quantitative estimate of drug-likeness (QED) is 0.126. The zero-order valence-corrected chi connectivity index (χ0v) is 24.9. The average molecular weight is 596 g/mol. The Kier molecular flexibility index (Phi) is 11.0. The van der Waals surface area contributed by atoms with Crippen molar-refractivity contribution in [2.45, 2.75) is 23.5 Å². The first-order valence-corrected chi connectivity index (χ1v) is 14.5. The zero-order valence-electron chi connectivity index (χ0n) is 24.1. The lowest BCUT2D eigenvalue weighted by Crippen LogP contribution is -2.30. The number of nitrogens with one attached hydrogen (secondary N) is 3. The maximum absolute atomic E-state index is 13.4. The summed E-state index contributed by atoms with van der Waals surface area (Å²) < 4.78 is 10.6. The summed E-state index contributed by atoms with van der Waals surface area (Å²) in [5, 5.41) is 8.16. The van der Waals surface area contributed by atoms with Gasteiger partial charge in [0.05, 0.1) is 25.2 Å². The van der Waals surface area contributed by atoms with E-state index in [0.29, 0.717) is 34.9 Å². The molecule has 3 amide bonds. The number of hydrogen-bond acceptors (Lipinski definition) is 6. The third-order valence-corrected chi connectivity index (χ3v) is 7.70. The number of hydrogen-bond donors (Lipinski definition) is 3. The predicted octanol–water partition coefficient (Wildman–Crippen LogP) is 6.62. The summed E-state index contributed by atoms with van der Waals surface area (Å²) in [5.74, 6) is 0.0637. The second-order valence-corrected chi connectivity index (χ2v) is 10.6. The van der Waals surface area contributed by atoms with E-state index in [0.717, 1.165) is 10.5 Å². The largest absolute Gasteiger partial charge is 0.497 e. The van der Waals surface area contributed by atoms with Crippen LogP contribution in [0.4, 0.5) is 11.4 Å². The Morgan fingerprint density at radius 1 is 0.814 bits per heavy atom. The Morgan fingerprint density at radius 2 is 1.53 bits per heavy atom. The van der Waals surface area contributed by atoms with Crippen LogP contribution in [-0.4, -0.2) is 37.2 Å². The molecule has 0 aliphatic carbocycles. The van der Waals surface area contributed by atoms with Crippen LogP contribution in [-0.2, 0) is 9.59 Å². The monoisotopic (exact) mass is 595 g/mol. The van der Waals surface area contributed by atoms with Gasteiger partial charge in [-0.15, -0.1) is 11.8 Å². The number of amides is 3. The number of benzene rings is 4. The van der Waals surface area contributed by atoms with Crippen molar-refractivity contribution in [2.75, 3.05) is 24.9 Å². The van der Waals surface area contributed by atoms with E-state index >= 15 is 0 Å². The number of anilines is 2. The molecule has 0 saturated carbocycles. The maximum Gasteiger partial charge on any atom is 0.272 e. The number of carbonyl (C=O) groups is 3. The maximum atomic E-state index is 13.4. The molecule has 1 atom stereocenters. The van der Waals surface area contributed by atoms with Crippen LogP contribution in [0.2, 0.25) is 0 Å². The number of ether oxygens (including phenoxy) is 2. The van der Waals surface area contributed by atoms with Gasteiger partial charge in [0.1, 0.15) is 17.2 Å². The second kappa shape index (κ2) is 15.3. The summed E-state index contributed by atoms with van der Waals surface area (Å²) in [6.07, 6.45) is 2.20. The second-order valence-electron chi connectivity index (χ2n) is 9.34. The summed E-state index contributed by atoms with van der Waals surface area (Å²) in [6, 6.07) is 30.4. The normalized spacial score (nSPS) is 11.7. The molecule has 0 aliphatic rings. The molecule has 4 aromatic rings. The van der Waals surface area contributed by atoms with E-state index in [1.54, 1.807) is 73.8 Å². The van der Waals surface area contributed by atoms with E-state index in [1.165, 1.54) is 18.9 Å². The Bertz CT molecular complexity index is 1590. The van der Waals surface area contributed by atoms with Gasteiger partial charge in [-0.1, -0.05) is 61.5 Å². The molecule has 0 saturated heterocycles. The Balaban J connectivity index is 1.48. The topological polar surface area (TPSA) is 106 Å². The molecule has 3 N–H and O–H groups in total. The fourth-order valence-corrected chi connectivity index (χ4v) is 5.12. The summed E-state index contributed by atoms with van der Waals surface area (Å²) in [5.41, 5.74) is 2.36. The molecule has 1 unspecified atom stereocenters. The van der Waals surface area contributed by atoms with Gasteiger partial charge in [0.2, 0.25) is 5.91 Å². The first kappa shape index (κ1) is 30.9. The lowest BCUT2D eigenvalue weighted by molar-refractivity contribution is -0.116. The molecular weight excluding hydrogens is 562 g/mol. The van der Waals surface area contributed by atoms with E-state index in [9.17, 15) is 14.4 Å². The summed E-state index contributed by atoms with van der Waals surface area (Å²) in [4.78, 5) is 40.3. The van der Waals surface area contributed by atoms with Crippen LogP contribution in [0.1, 0.15) is 29.3 Å². The molecular formula is C34H33N3O5S. The molecule has 0 aliphatic heterocycles. The van der Waals surface area contributed by atoms with Crippen LogP contribution in [0, 0.1) is 0 Å². The van der Waals surface area contributed by atoms with Crippen molar-refractivity contribution in [1.29, 1.82) is 0 Å². The minimum Gasteiger partial charge on any atom is -0.497 e. The van der Waals surface area contributed by atoms with Gasteiger partial charge in [0.15, 0.2) is 0 Å². The summed E-state index contributed by atoms with van der Waals surface area (Å²) in [6.45, 7) is 1.93. The van der Waals surface area contributed by atoms with Gasteiger partial charge in [-0.25, -0.2) is 0 Å². The zero-order chi connectivity index (χ0) is 30.6. The van der Waals surface area contributed by atoms with Gasteiger partial charge in [-0.05, 0) is 60.5 Å². The SMILES string of the molecule is CCC(Sc1cccc(NC(=O)/C(=C/c2ccccc2)NC(=O)c2ccccc2)c1)C(=O)Nc1ccc(OC)cc1OC. The highest BCUT2D eigenvalue weighted by Gasteiger charge is 2.21. The Labute approximate surface area is 255 Å². The molecule has 4 aromatic carbocycles. The van der Waals surface area contributed by atoms with Gasteiger partial charge in [0, 0.05) is 22.2 Å². The van der Waals surface area contributed by atoms with Crippen molar-refractivity contribution >= 4 is 46.9 Å². The van der Waals surface area contributed by atoms with Crippen LogP contribution in [0.5, 0.6) is 11.5 Å². The molecule has 0 radical (unpaired) electrons. The number of carbonyl (C=O) groups excluding carboxylic acids is 3. The predicted molar refractivity (Wildman–Crippen MR) is 172 cm³/mol. The van der Waals surface area contributed by atoms with E-state index in [4.69, 9.17) is 9.47 Å². The van der Waals surface area contributed by atoms with Gasteiger partial charge in [-0.3, -0.25) is 14.4 Å². The summed E-state index contributed by atoms with van der Waals surface area (Å²) >= 11 is 1.38. The third-order valence-electron chi connectivity index (χ3n) is 6.34. The van der Waals surface area contributed by atoms with E-state index < -0.39 is 17.1 Å². The van der Waals surface area contributed by atoms with Crippen LogP contribution in [0.25, 0.3) is 6.08 Å². The highest BCUT2D eigenvalue weighted by molar-refractivity contribution is 8.00. The summed E-state index contributed by atoms with van der Waals surface area (Å²) in [7, 11) is 3.10. The minimum absolute atomic E-state index is 0.0948. The van der Waals surface area contributed by atoms with Crippen molar-refractivity contribution in [2.24, 2.45) is 0 Å². The highest BCUT2D eigenvalue weighted by Crippen LogP contribution is 2.32. The van der Waals surface area contributed by atoms with E-state index in [2.05, 4.69) is 16.0 Å². The van der Waals surface area contributed by atoms with Crippen LogP contribution in [0.15, 0.2) is 114 Å². The molecule has 0 bridgehead atoms. The molecule has 0 aromatic heterocycles. The highest BCUT2D eigenvalue weighted by atomic mass is 32.2. The molecule has 220 valence electrons. The molecule has 4 rings (SSSR count). The Morgan fingerprint density at radius 3 is 2.21 bits per heavy atom. The van der Waals surface area contributed by atoms with Gasteiger partial charge < -0.3 is 25.4 Å². The van der Waals surface area contributed by atoms with Crippen molar-refractivity contribution in [1.82, 2.24) is 5.32 Å². The average Bonchev–Trinajstić information content (AvgIpc) is 3.04. The molecule has 8 nitrogen and oxygen atoms in total. The molecule has 43 heavy (non-hydrogen) atoms. The van der Waals surface area contributed by atoms with Crippen LogP contribution in [0.3, 0.4) is 0 Å². The van der Waals surface area contributed by atoms with E-state index in [-0.39, 0.29) is 11.6 Å². The molecule has 0 spiro atoms. The van der Waals surface area contributed by atoms with Gasteiger partial charge >= 0.3 is 0 Å². The van der Waals surface area contributed by atoms with Crippen LogP contribution >= 0.6 is 11.8 Å². The third kappa shape index (κ3) is 8.73. The Hall–Kier alpha value is -5.02. The first-order chi connectivity index (χ1) is 20.9. The smallest absolute Gasteiger partial charge is 0.272 e. The molecule has 0 heterocycles. The minimum atomic E-state index is -0.480.